The van der Waals surface area contributed by atoms with Crippen LogP contribution in [0, 0.1) is 29.1 Å². The third-order valence-electron chi connectivity index (χ3n) is 6.17. The highest BCUT2D eigenvalue weighted by molar-refractivity contribution is 5.68. The van der Waals surface area contributed by atoms with Crippen LogP contribution in [-0.2, 0) is 4.74 Å². The number of carbonyl (C=O) groups is 1. The second-order valence-electron chi connectivity index (χ2n) is 9.74. The van der Waals surface area contributed by atoms with Crippen molar-refractivity contribution in [1.82, 2.24) is 14.7 Å². The third kappa shape index (κ3) is 5.30. The molecule has 2 aromatic rings. The van der Waals surface area contributed by atoms with E-state index in [0.717, 1.165) is 19.4 Å². The van der Waals surface area contributed by atoms with E-state index < -0.39 is 5.60 Å². The maximum absolute atomic E-state index is 12.5. The lowest BCUT2D eigenvalue weighted by Crippen LogP contribution is -2.36. The molecular formula is C26H31N5O4. The summed E-state index contributed by atoms with van der Waals surface area (Å²) >= 11 is 0. The van der Waals surface area contributed by atoms with Crippen LogP contribution < -0.4 is 14.8 Å². The first kappa shape index (κ1) is 24.3. The van der Waals surface area contributed by atoms with Gasteiger partial charge in [-0.05, 0) is 51.7 Å². The fourth-order valence-electron chi connectivity index (χ4n) is 4.54. The molecule has 9 nitrogen and oxygen atoms in total. The molecule has 1 fully saturated rings. The topological polar surface area (TPSA) is 102 Å². The van der Waals surface area contributed by atoms with Crippen molar-refractivity contribution in [1.29, 1.82) is 5.26 Å². The van der Waals surface area contributed by atoms with Crippen LogP contribution >= 0.6 is 0 Å². The van der Waals surface area contributed by atoms with Gasteiger partial charge in [0.2, 0.25) is 0 Å². The molecule has 35 heavy (non-hydrogen) atoms. The van der Waals surface area contributed by atoms with Crippen LogP contribution in [-0.4, -0.2) is 60.2 Å². The number of aromatic nitrogens is 2. The number of carbonyl (C=O) groups excluding carboxylic acids is 1. The van der Waals surface area contributed by atoms with Crippen LogP contribution in [0.1, 0.15) is 56.5 Å². The van der Waals surface area contributed by atoms with Crippen molar-refractivity contribution in [3.63, 3.8) is 0 Å². The van der Waals surface area contributed by atoms with E-state index in [1.807, 2.05) is 37.6 Å². The molecule has 0 radical (unpaired) electrons. The van der Waals surface area contributed by atoms with E-state index in [-0.39, 0.29) is 18.1 Å². The van der Waals surface area contributed by atoms with E-state index in [0.29, 0.717) is 47.2 Å². The summed E-state index contributed by atoms with van der Waals surface area (Å²) in [4.78, 5) is 14.3. The van der Waals surface area contributed by atoms with Crippen LogP contribution in [0.4, 0.5) is 10.6 Å². The van der Waals surface area contributed by atoms with Crippen LogP contribution in [0.25, 0.3) is 0 Å². The van der Waals surface area contributed by atoms with Gasteiger partial charge in [-0.1, -0.05) is 5.92 Å². The Morgan fingerprint density at radius 1 is 1.14 bits per heavy atom. The molecule has 2 unspecified atom stereocenters. The minimum atomic E-state index is -0.527. The van der Waals surface area contributed by atoms with Gasteiger partial charge in [-0.15, -0.1) is 0 Å². The van der Waals surface area contributed by atoms with E-state index in [1.54, 1.807) is 25.2 Å². The first-order valence-electron chi connectivity index (χ1n) is 11.7. The van der Waals surface area contributed by atoms with Gasteiger partial charge in [0.1, 0.15) is 34.6 Å². The summed E-state index contributed by atoms with van der Waals surface area (Å²) in [5.74, 6) is 8.33. The second kappa shape index (κ2) is 9.79. The highest BCUT2D eigenvalue weighted by Gasteiger charge is 2.38. The number of methoxy groups -OCH3 is 2. The maximum atomic E-state index is 12.5. The third-order valence-corrected chi connectivity index (χ3v) is 6.17. The van der Waals surface area contributed by atoms with Gasteiger partial charge in [-0.2, -0.15) is 10.4 Å². The van der Waals surface area contributed by atoms with Gasteiger partial charge in [0.25, 0.3) is 0 Å². The number of rotatable bonds is 3. The van der Waals surface area contributed by atoms with Crippen LogP contribution in [0.15, 0.2) is 18.2 Å². The number of likely N-dealkylation sites (tertiary alicyclic amines) is 1. The van der Waals surface area contributed by atoms with Crippen molar-refractivity contribution >= 4 is 11.9 Å². The summed E-state index contributed by atoms with van der Waals surface area (Å²) in [6.07, 6.45) is 1.43. The van der Waals surface area contributed by atoms with Gasteiger partial charge in [0.05, 0.1) is 20.3 Å². The van der Waals surface area contributed by atoms with Crippen molar-refractivity contribution in [2.45, 2.75) is 45.3 Å². The minimum Gasteiger partial charge on any atom is -0.497 e. The maximum Gasteiger partial charge on any atom is 0.410 e. The molecular weight excluding hydrogens is 446 g/mol. The van der Waals surface area contributed by atoms with Crippen molar-refractivity contribution in [3.05, 3.63) is 35.0 Å². The number of nitrogens with one attached hydrogen (secondary N) is 1. The molecule has 2 aliphatic rings. The molecule has 4 rings (SSSR count). The smallest absolute Gasteiger partial charge is 0.410 e. The zero-order valence-corrected chi connectivity index (χ0v) is 20.8. The summed E-state index contributed by atoms with van der Waals surface area (Å²) in [6, 6.07) is 7.73. The first-order valence-corrected chi connectivity index (χ1v) is 11.7. The number of hydrogen-bond donors (Lipinski definition) is 1. The molecule has 3 heterocycles. The molecule has 0 saturated carbocycles. The number of hydrogen-bond acceptors (Lipinski definition) is 7. The van der Waals surface area contributed by atoms with Gasteiger partial charge in [0, 0.05) is 37.2 Å². The Morgan fingerprint density at radius 3 is 2.49 bits per heavy atom. The van der Waals surface area contributed by atoms with Gasteiger partial charge < -0.3 is 24.4 Å². The molecule has 2 atom stereocenters. The summed E-state index contributed by atoms with van der Waals surface area (Å²) in [5.41, 5.74) is 1.02. The van der Waals surface area contributed by atoms with Crippen LogP contribution in [0.3, 0.4) is 0 Å². The Bertz CT molecular complexity index is 1190. The Balaban J connectivity index is 1.59. The van der Waals surface area contributed by atoms with Crippen molar-refractivity contribution in [3.8, 4) is 29.4 Å². The molecule has 1 aromatic heterocycles. The first-order chi connectivity index (χ1) is 16.7. The number of anilines is 1. The zero-order valence-electron chi connectivity index (χ0n) is 20.8. The predicted octanol–water partition coefficient (Wildman–Crippen LogP) is 3.79. The molecule has 0 spiro atoms. The van der Waals surface area contributed by atoms with E-state index in [9.17, 15) is 10.1 Å². The molecule has 0 aliphatic carbocycles. The summed E-state index contributed by atoms with van der Waals surface area (Å²) in [5, 5.41) is 17.9. The van der Waals surface area contributed by atoms with E-state index in [4.69, 9.17) is 19.3 Å². The number of nitrogens with zero attached hydrogens (tertiary/aromatic N) is 4. The predicted molar refractivity (Wildman–Crippen MR) is 131 cm³/mol. The van der Waals surface area contributed by atoms with Gasteiger partial charge in [-0.25, -0.2) is 9.48 Å². The molecule has 1 amide bonds. The minimum absolute atomic E-state index is 0.0678. The van der Waals surface area contributed by atoms with Gasteiger partial charge in [-0.3, -0.25) is 0 Å². The summed E-state index contributed by atoms with van der Waals surface area (Å²) < 4.78 is 18.1. The van der Waals surface area contributed by atoms with E-state index in [1.165, 1.54) is 0 Å². The quantitative estimate of drug-likeness (QED) is 0.671. The lowest BCUT2D eigenvalue weighted by Gasteiger charge is -2.30. The number of amides is 1. The largest absolute Gasteiger partial charge is 0.497 e. The van der Waals surface area contributed by atoms with Crippen molar-refractivity contribution in [2.24, 2.45) is 5.92 Å². The average molecular weight is 478 g/mol. The molecule has 0 bridgehead atoms. The molecule has 9 heteroatoms. The SMILES string of the molecule is COc1cc(C#Cc2nn3c(c2C#N)NCCC3C2CCN(C(=O)OC(C)(C)C)C2)cc(OC)c1. The van der Waals surface area contributed by atoms with Crippen molar-refractivity contribution < 1.29 is 19.0 Å². The number of benzene rings is 1. The Labute approximate surface area is 205 Å². The monoisotopic (exact) mass is 477 g/mol. The summed E-state index contributed by atoms with van der Waals surface area (Å²) in [7, 11) is 3.17. The zero-order chi connectivity index (χ0) is 25.2. The fraction of sp³-hybridized carbons (Fsp3) is 0.500. The highest BCUT2D eigenvalue weighted by atomic mass is 16.6. The lowest BCUT2D eigenvalue weighted by molar-refractivity contribution is 0.0283. The normalized spacial score (nSPS) is 19.0. The number of nitriles is 1. The van der Waals surface area contributed by atoms with Gasteiger partial charge >= 0.3 is 6.09 Å². The molecule has 184 valence electrons. The summed E-state index contributed by atoms with van der Waals surface area (Å²) in [6.45, 7) is 7.59. The Morgan fingerprint density at radius 2 is 1.86 bits per heavy atom. The molecule has 1 aromatic carbocycles. The molecule has 2 aliphatic heterocycles. The van der Waals surface area contributed by atoms with Crippen LogP contribution in [0.5, 0.6) is 11.5 Å². The van der Waals surface area contributed by atoms with Gasteiger partial charge in [0.15, 0.2) is 5.69 Å². The Kier molecular flexibility index (Phi) is 6.79. The second-order valence-corrected chi connectivity index (χ2v) is 9.74. The molecule has 1 saturated heterocycles. The standard InChI is InChI=1S/C26H31N5O4/c1-26(2,3)35-25(32)30-11-9-18(16-30)23-8-10-28-24-21(15-27)22(29-31(23)24)7-6-17-12-19(33-4)14-20(13-17)34-5/h12-14,18,23,28H,8-11,16H2,1-5H3. The highest BCUT2D eigenvalue weighted by Crippen LogP contribution is 2.37. The average Bonchev–Trinajstić information content (AvgIpc) is 3.46. The van der Waals surface area contributed by atoms with Crippen LogP contribution in [0.2, 0.25) is 0 Å². The van der Waals surface area contributed by atoms with E-state index >= 15 is 0 Å². The van der Waals surface area contributed by atoms with Crippen molar-refractivity contribution in [2.75, 3.05) is 39.2 Å². The fourth-order valence-corrected chi connectivity index (χ4v) is 4.54. The Hall–Kier alpha value is -3.85. The number of fused-ring (bicyclic) bond motifs is 1. The van der Waals surface area contributed by atoms with E-state index in [2.05, 4.69) is 23.2 Å². The number of ether oxygens (including phenoxy) is 3. The molecule has 1 N–H and O–H groups in total. The lowest BCUT2D eigenvalue weighted by atomic mass is 9.95.